The SMILES string of the molecule is C/C=C\CN1C2CCC1C(C(=O)OC)C(c1ccc(F)cc1)C2. The number of ether oxygens (including phenoxy) is 1. The fraction of sp³-hybridized carbons (Fsp3) is 0.526. The third-order valence-corrected chi connectivity index (χ3v) is 5.39. The fourth-order valence-corrected chi connectivity index (χ4v) is 4.33. The molecule has 0 saturated carbocycles. The molecule has 0 spiro atoms. The molecule has 3 rings (SSSR count). The summed E-state index contributed by atoms with van der Waals surface area (Å²) in [6, 6.07) is 7.31. The molecule has 23 heavy (non-hydrogen) atoms. The maximum Gasteiger partial charge on any atom is 0.310 e. The van der Waals surface area contributed by atoms with E-state index in [4.69, 9.17) is 4.74 Å². The number of esters is 1. The number of halogens is 1. The monoisotopic (exact) mass is 317 g/mol. The zero-order valence-electron chi connectivity index (χ0n) is 13.7. The van der Waals surface area contributed by atoms with Gasteiger partial charge in [0.2, 0.25) is 0 Å². The van der Waals surface area contributed by atoms with Crippen LogP contribution in [0.3, 0.4) is 0 Å². The Bertz CT molecular complexity index is 584. The Morgan fingerprint density at radius 3 is 2.74 bits per heavy atom. The van der Waals surface area contributed by atoms with Crippen LogP contribution in [0.5, 0.6) is 0 Å². The van der Waals surface area contributed by atoms with Crippen molar-refractivity contribution in [3.8, 4) is 0 Å². The van der Waals surface area contributed by atoms with Crippen LogP contribution in [-0.4, -0.2) is 36.6 Å². The van der Waals surface area contributed by atoms with Gasteiger partial charge in [0.25, 0.3) is 0 Å². The predicted octanol–water partition coefficient (Wildman–Crippen LogP) is 3.51. The van der Waals surface area contributed by atoms with Gasteiger partial charge in [0.15, 0.2) is 0 Å². The van der Waals surface area contributed by atoms with Gasteiger partial charge < -0.3 is 4.74 Å². The molecule has 4 atom stereocenters. The molecule has 2 aliphatic rings. The Hall–Kier alpha value is -1.68. The molecule has 0 aromatic heterocycles. The van der Waals surface area contributed by atoms with Crippen molar-refractivity contribution in [2.45, 2.75) is 44.2 Å². The third kappa shape index (κ3) is 3.05. The lowest BCUT2D eigenvalue weighted by molar-refractivity contribution is -0.150. The first-order valence-electron chi connectivity index (χ1n) is 8.36. The number of allylic oxidation sites excluding steroid dienone is 1. The van der Waals surface area contributed by atoms with Crippen LogP contribution >= 0.6 is 0 Å². The summed E-state index contributed by atoms with van der Waals surface area (Å²) in [5.74, 6) is -0.441. The topological polar surface area (TPSA) is 29.5 Å². The lowest BCUT2D eigenvalue weighted by Gasteiger charge is -2.43. The lowest BCUT2D eigenvalue weighted by Crippen LogP contribution is -2.50. The minimum absolute atomic E-state index is 0.113. The van der Waals surface area contributed by atoms with Crippen molar-refractivity contribution in [3.05, 3.63) is 47.8 Å². The number of rotatable bonds is 4. The molecule has 0 aliphatic carbocycles. The summed E-state index contributed by atoms with van der Waals surface area (Å²) in [6.07, 6.45) is 7.28. The van der Waals surface area contributed by atoms with Gasteiger partial charge in [0, 0.05) is 24.5 Å². The first-order chi connectivity index (χ1) is 11.2. The Kier molecular flexibility index (Phi) is 4.81. The van der Waals surface area contributed by atoms with Crippen molar-refractivity contribution in [2.75, 3.05) is 13.7 Å². The van der Waals surface area contributed by atoms with Crippen molar-refractivity contribution in [1.82, 2.24) is 4.90 Å². The highest BCUT2D eigenvalue weighted by Gasteiger charge is 2.50. The second kappa shape index (κ2) is 6.83. The summed E-state index contributed by atoms with van der Waals surface area (Å²) >= 11 is 0. The quantitative estimate of drug-likeness (QED) is 0.629. The van der Waals surface area contributed by atoms with Crippen LogP contribution in [0.2, 0.25) is 0 Å². The van der Waals surface area contributed by atoms with Gasteiger partial charge in [-0.3, -0.25) is 9.69 Å². The highest BCUT2D eigenvalue weighted by atomic mass is 19.1. The molecule has 4 heteroatoms. The Morgan fingerprint density at radius 1 is 1.35 bits per heavy atom. The molecule has 1 aromatic rings. The minimum Gasteiger partial charge on any atom is -0.469 e. The molecule has 3 nitrogen and oxygen atoms in total. The van der Waals surface area contributed by atoms with E-state index in [1.54, 1.807) is 0 Å². The zero-order valence-corrected chi connectivity index (χ0v) is 13.7. The molecule has 2 aliphatic heterocycles. The van der Waals surface area contributed by atoms with Gasteiger partial charge in [-0.25, -0.2) is 4.39 Å². The number of nitrogens with zero attached hydrogens (tertiary/aromatic N) is 1. The van der Waals surface area contributed by atoms with Gasteiger partial charge in [0.05, 0.1) is 13.0 Å². The molecular weight excluding hydrogens is 293 g/mol. The van der Waals surface area contributed by atoms with E-state index in [9.17, 15) is 9.18 Å². The van der Waals surface area contributed by atoms with Crippen LogP contribution < -0.4 is 0 Å². The molecule has 0 amide bonds. The average molecular weight is 317 g/mol. The number of fused-ring (bicyclic) bond motifs is 2. The molecule has 0 radical (unpaired) electrons. The highest BCUT2D eigenvalue weighted by molar-refractivity contribution is 5.75. The maximum absolute atomic E-state index is 13.2. The molecule has 2 bridgehead atoms. The van der Waals surface area contributed by atoms with Crippen molar-refractivity contribution >= 4 is 5.97 Å². The van der Waals surface area contributed by atoms with E-state index < -0.39 is 0 Å². The fourth-order valence-electron chi connectivity index (χ4n) is 4.33. The van der Waals surface area contributed by atoms with E-state index in [1.165, 1.54) is 19.2 Å². The molecule has 4 unspecified atom stereocenters. The van der Waals surface area contributed by atoms with Crippen LogP contribution in [0.15, 0.2) is 36.4 Å². The van der Waals surface area contributed by atoms with Crippen LogP contribution in [0, 0.1) is 11.7 Å². The summed E-state index contributed by atoms with van der Waals surface area (Å²) < 4.78 is 18.3. The van der Waals surface area contributed by atoms with E-state index in [0.717, 1.165) is 31.4 Å². The number of carbonyl (C=O) groups excluding carboxylic acids is 1. The van der Waals surface area contributed by atoms with Crippen LogP contribution in [0.4, 0.5) is 4.39 Å². The highest BCUT2D eigenvalue weighted by Crippen LogP contribution is 2.47. The second-order valence-corrected chi connectivity index (χ2v) is 6.51. The predicted molar refractivity (Wildman–Crippen MR) is 87.6 cm³/mol. The van der Waals surface area contributed by atoms with Crippen molar-refractivity contribution in [1.29, 1.82) is 0 Å². The molecule has 0 N–H and O–H groups in total. The van der Waals surface area contributed by atoms with Crippen LogP contribution in [0.1, 0.15) is 37.7 Å². The first kappa shape index (κ1) is 16.2. The second-order valence-electron chi connectivity index (χ2n) is 6.51. The number of carbonyl (C=O) groups is 1. The Morgan fingerprint density at radius 2 is 2.09 bits per heavy atom. The van der Waals surface area contributed by atoms with Gasteiger partial charge in [-0.05, 0) is 43.9 Å². The molecule has 1 aromatic carbocycles. The molecule has 2 saturated heterocycles. The Balaban J connectivity index is 1.91. The number of hydrogen-bond acceptors (Lipinski definition) is 3. The van der Waals surface area contributed by atoms with Crippen LogP contribution in [-0.2, 0) is 9.53 Å². The van der Waals surface area contributed by atoms with E-state index in [2.05, 4.69) is 17.1 Å². The first-order valence-corrected chi connectivity index (χ1v) is 8.36. The summed E-state index contributed by atoms with van der Waals surface area (Å²) in [4.78, 5) is 14.9. The summed E-state index contributed by atoms with van der Waals surface area (Å²) in [7, 11) is 1.46. The van der Waals surface area contributed by atoms with Gasteiger partial charge in [0.1, 0.15) is 5.82 Å². The normalized spacial score (nSPS) is 30.7. The van der Waals surface area contributed by atoms with Gasteiger partial charge >= 0.3 is 5.97 Å². The minimum atomic E-state index is -0.239. The largest absolute Gasteiger partial charge is 0.469 e. The van der Waals surface area contributed by atoms with E-state index in [-0.39, 0.29) is 29.7 Å². The number of hydrogen-bond donors (Lipinski definition) is 0. The zero-order chi connectivity index (χ0) is 16.4. The van der Waals surface area contributed by atoms with E-state index in [1.807, 2.05) is 19.1 Å². The summed E-state index contributed by atoms with van der Waals surface area (Å²) in [5, 5.41) is 0. The summed E-state index contributed by atoms with van der Waals surface area (Å²) in [5.41, 5.74) is 1.05. The number of benzene rings is 1. The number of methoxy groups -OCH3 is 1. The molecule has 124 valence electrons. The van der Waals surface area contributed by atoms with Crippen molar-refractivity contribution in [3.63, 3.8) is 0 Å². The van der Waals surface area contributed by atoms with Gasteiger partial charge in [-0.2, -0.15) is 0 Å². The maximum atomic E-state index is 13.2. The molecule has 2 fully saturated rings. The standard InChI is InChI=1S/C19H24FNO2/c1-3-4-11-21-15-9-10-17(21)18(19(22)23-2)16(12-15)13-5-7-14(20)8-6-13/h3-8,15-18H,9-12H2,1-2H3/b4-3-. The number of piperidine rings is 1. The summed E-state index contributed by atoms with van der Waals surface area (Å²) in [6.45, 7) is 2.90. The van der Waals surface area contributed by atoms with Crippen molar-refractivity contribution < 1.29 is 13.9 Å². The van der Waals surface area contributed by atoms with E-state index >= 15 is 0 Å². The smallest absolute Gasteiger partial charge is 0.310 e. The van der Waals surface area contributed by atoms with Gasteiger partial charge in [-0.15, -0.1) is 0 Å². The van der Waals surface area contributed by atoms with Gasteiger partial charge in [-0.1, -0.05) is 24.3 Å². The third-order valence-electron chi connectivity index (χ3n) is 5.39. The lowest BCUT2D eigenvalue weighted by atomic mass is 9.76. The molecule has 2 heterocycles. The van der Waals surface area contributed by atoms with Crippen LogP contribution in [0.25, 0.3) is 0 Å². The Labute approximate surface area is 137 Å². The van der Waals surface area contributed by atoms with E-state index in [0.29, 0.717) is 6.04 Å². The van der Waals surface area contributed by atoms with Crippen molar-refractivity contribution in [2.24, 2.45) is 5.92 Å². The molecular formula is C19H24FNO2. The average Bonchev–Trinajstić information content (AvgIpc) is 2.84.